The van der Waals surface area contributed by atoms with Gasteiger partial charge in [0.2, 0.25) is 11.8 Å². The molecule has 0 saturated carbocycles. The second-order valence-corrected chi connectivity index (χ2v) is 6.96. The fourth-order valence-electron chi connectivity index (χ4n) is 3.13. The van der Waals surface area contributed by atoms with Gasteiger partial charge in [-0.15, -0.1) is 0 Å². The molecule has 168 valence electrons. The molecule has 1 aromatic heterocycles. The summed E-state index contributed by atoms with van der Waals surface area (Å²) < 4.78 is 95.8. The van der Waals surface area contributed by atoms with Crippen molar-refractivity contribution in [1.29, 1.82) is 0 Å². The first kappa shape index (κ1) is 22.8. The largest absolute Gasteiger partial charge is 0.459 e. The van der Waals surface area contributed by atoms with Crippen molar-refractivity contribution in [1.82, 2.24) is 10.3 Å². The SMILES string of the molecule is NC(=O)c1ccc(Oc2ccc3c(c2)C(NCC(F)(F)C(F)(F)C(F)(F)F)CC3)nc1. The van der Waals surface area contributed by atoms with Crippen LogP contribution in [0.1, 0.15) is 33.9 Å². The molecule has 3 N–H and O–H groups in total. The van der Waals surface area contributed by atoms with Gasteiger partial charge >= 0.3 is 18.0 Å². The lowest BCUT2D eigenvalue weighted by atomic mass is 10.1. The first-order valence-electron chi connectivity index (χ1n) is 8.94. The average Bonchev–Trinajstić information content (AvgIpc) is 3.08. The zero-order valence-electron chi connectivity index (χ0n) is 15.6. The summed E-state index contributed by atoms with van der Waals surface area (Å²) in [5, 5.41) is 2.11. The minimum absolute atomic E-state index is 0.101. The number of primary amides is 1. The number of carbonyl (C=O) groups excluding carboxylic acids is 1. The lowest BCUT2D eigenvalue weighted by Gasteiger charge is -2.29. The molecule has 3 rings (SSSR count). The summed E-state index contributed by atoms with van der Waals surface area (Å²) in [6.07, 6.45) is -4.53. The normalized spacial score (nSPS) is 16.8. The number of aryl methyl sites for hydroxylation is 1. The molecule has 12 heteroatoms. The lowest BCUT2D eigenvalue weighted by Crippen LogP contribution is -2.56. The fourth-order valence-corrected chi connectivity index (χ4v) is 3.13. The molecule has 0 aliphatic heterocycles. The Bertz CT molecular complexity index is 962. The monoisotopic (exact) mass is 451 g/mol. The number of nitrogens with zero attached hydrogens (tertiary/aromatic N) is 1. The Morgan fingerprint density at radius 3 is 2.42 bits per heavy atom. The average molecular weight is 451 g/mol. The number of halogens is 7. The Kier molecular flexibility index (Phi) is 5.87. The first-order chi connectivity index (χ1) is 14.3. The topological polar surface area (TPSA) is 77.2 Å². The smallest absolute Gasteiger partial charge is 0.439 e. The van der Waals surface area contributed by atoms with E-state index in [-0.39, 0.29) is 23.6 Å². The van der Waals surface area contributed by atoms with Crippen LogP contribution in [-0.2, 0) is 6.42 Å². The van der Waals surface area contributed by atoms with E-state index < -0.39 is 36.5 Å². The number of nitrogens with one attached hydrogen (secondary N) is 1. The highest BCUT2D eigenvalue weighted by atomic mass is 19.4. The van der Waals surface area contributed by atoms with Crippen LogP contribution in [0.25, 0.3) is 0 Å². The summed E-state index contributed by atoms with van der Waals surface area (Å²) in [5.74, 6) is -11.8. The molecule has 1 unspecified atom stereocenters. The Morgan fingerprint density at radius 1 is 1.13 bits per heavy atom. The Labute approximate surface area is 171 Å². The number of rotatable bonds is 7. The molecule has 1 aliphatic carbocycles. The summed E-state index contributed by atoms with van der Waals surface area (Å²) in [7, 11) is 0. The Balaban J connectivity index is 1.72. The number of benzene rings is 1. The van der Waals surface area contributed by atoms with Gasteiger partial charge in [0.1, 0.15) is 5.75 Å². The molecular formula is C19H16F7N3O2. The van der Waals surface area contributed by atoms with Crippen LogP contribution < -0.4 is 15.8 Å². The highest BCUT2D eigenvalue weighted by molar-refractivity contribution is 5.92. The molecule has 5 nitrogen and oxygen atoms in total. The van der Waals surface area contributed by atoms with E-state index in [1.165, 1.54) is 24.4 Å². The van der Waals surface area contributed by atoms with E-state index in [2.05, 4.69) is 10.3 Å². The summed E-state index contributed by atoms with van der Waals surface area (Å²) in [6.45, 7) is -1.86. The van der Waals surface area contributed by atoms with Crippen molar-refractivity contribution in [3.05, 3.63) is 53.2 Å². The fraction of sp³-hybridized carbons (Fsp3) is 0.368. The Hall–Kier alpha value is -2.89. The van der Waals surface area contributed by atoms with Gasteiger partial charge in [-0.2, -0.15) is 30.7 Å². The van der Waals surface area contributed by atoms with Gasteiger partial charge in [0, 0.05) is 18.3 Å². The molecule has 0 radical (unpaired) electrons. The summed E-state index contributed by atoms with van der Waals surface area (Å²) >= 11 is 0. The predicted molar refractivity (Wildman–Crippen MR) is 94.3 cm³/mol. The molecule has 1 amide bonds. The van der Waals surface area contributed by atoms with Gasteiger partial charge < -0.3 is 15.8 Å². The minimum atomic E-state index is -6.37. The molecule has 1 heterocycles. The van der Waals surface area contributed by atoms with Gasteiger partial charge in [0.15, 0.2) is 0 Å². The van der Waals surface area contributed by atoms with Gasteiger partial charge in [-0.25, -0.2) is 4.98 Å². The van der Waals surface area contributed by atoms with Crippen LogP contribution in [0.5, 0.6) is 11.6 Å². The standard InChI is InChI=1S/C19H16F7N3O2/c20-17(21,18(22,23)19(24,25)26)9-29-14-5-2-10-1-4-12(7-13(10)14)31-15-6-3-11(8-28-15)16(27)30/h1,3-4,6-8,14,29H,2,5,9H2,(H2,27,30). The van der Waals surface area contributed by atoms with Crippen LogP contribution in [0, 0.1) is 0 Å². The van der Waals surface area contributed by atoms with E-state index in [0.29, 0.717) is 17.5 Å². The molecule has 1 atom stereocenters. The summed E-state index contributed by atoms with van der Waals surface area (Å²) in [5.41, 5.74) is 6.43. The van der Waals surface area contributed by atoms with Crippen molar-refractivity contribution in [3.63, 3.8) is 0 Å². The molecule has 0 spiro atoms. The third kappa shape index (κ3) is 4.58. The third-order valence-electron chi connectivity index (χ3n) is 4.82. The van der Waals surface area contributed by atoms with E-state index in [1.807, 2.05) is 0 Å². The maximum Gasteiger partial charge on any atom is 0.459 e. The maximum atomic E-state index is 13.6. The predicted octanol–water partition coefficient (Wildman–Crippen LogP) is 4.38. The number of fused-ring (bicyclic) bond motifs is 1. The van der Waals surface area contributed by atoms with Crippen LogP contribution in [0.4, 0.5) is 30.7 Å². The number of nitrogens with two attached hydrogens (primary N) is 1. The molecule has 1 aromatic carbocycles. The molecule has 0 bridgehead atoms. The summed E-state index contributed by atoms with van der Waals surface area (Å²) in [6, 6.07) is 6.56. The van der Waals surface area contributed by atoms with Crippen LogP contribution in [-0.4, -0.2) is 35.5 Å². The third-order valence-corrected chi connectivity index (χ3v) is 4.82. The van der Waals surface area contributed by atoms with Crippen LogP contribution in [0.2, 0.25) is 0 Å². The number of aromatic nitrogens is 1. The van der Waals surface area contributed by atoms with Gasteiger partial charge in [0.25, 0.3) is 0 Å². The molecule has 31 heavy (non-hydrogen) atoms. The van der Waals surface area contributed by atoms with E-state index >= 15 is 0 Å². The second kappa shape index (κ2) is 7.98. The van der Waals surface area contributed by atoms with Gasteiger partial charge in [-0.05, 0) is 42.2 Å². The molecule has 0 saturated heterocycles. The number of carbonyl (C=O) groups is 1. The second-order valence-electron chi connectivity index (χ2n) is 6.96. The van der Waals surface area contributed by atoms with Gasteiger partial charge in [-0.3, -0.25) is 4.79 Å². The molecule has 0 fully saturated rings. The van der Waals surface area contributed by atoms with E-state index in [9.17, 15) is 35.5 Å². The maximum absolute atomic E-state index is 13.6. The van der Waals surface area contributed by atoms with Crippen molar-refractivity contribution in [2.24, 2.45) is 5.73 Å². The number of pyridine rings is 1. The Morgan fingerprint density at radius 2 is 1.84 bits per heavy atom. The summed E-state index contributed by atoms with van der Waals surface area (Å²) in [4.78, 5) is 15.0. The highest BCUT2D eigenvalue weighted by Crippen LogP contribution is 2.46. The van der Waals surface area contributed by atoms with Crippen molar-refractivity contribution < 1.29 is 40.3 Å². The van der Waals surface area contributed by atoms with Crippen LogP contribution in [0.3, 0.4) is 0 Å². The number of ether oxygens (including phenoxy) is 1. The van der Waals surface area contributed by atoms with Gasteiger partial charge in [-0.1, -0.05) is 6.07 Å². The molecule has 2 aromatic rings. The number of hydrogen-bond acceptors (Lipinski definition) is 4. The first-order valence-corrected chi connectivity index (χ1v) is 8.94. The van der Waals surface area contributed by atoms with Crippen LogP contribution >= 0.6 is 0 Å². The number of alkyl halides is 7. The molecular weight excluding hydrogens is 435 g/mol. The van der Waals surface area contributed by atoms with Crippen LogP contribution in [0.15, 0.2) is 36.5 Å². The van der Waals surface area contributed by atoms with E-state index in [0.717, 1.165) is 0 Å². The zero-order valence-corrected chi connectivity index (χ0v) is 15.6. The highest BCUT2D eigenvalue weighted by Gasteiger charge is 2.72. The minimum Gasteiger partial charge on any atom is -0.439 e. The van der Waals surface area contributed by atoms with E-state index in [1.54, 1.807) is 12.1 Å². The number of hydrogen-bond donors (Lipinski definition) is 2. The van der Waals surface area contributed by atoms with Crippen molar-refractivity contribution in [2.75, 3.05) is 6.54 Å². The van der Waals surface area contributed by atoms with Crippen molar-refractivity contribution in [3.8, 4) is 11.6 Å². The quantitative estimate of drug-likeness (QED) is 0.613. The van der Waals surface area contributed by atoms with Gasteiger partial charge in [0.05, 0.1) is 12.1 Å². The molecule has 1 aliphatic rings. The van der Waals surface area contributed by atoms with E-state index in [4.69, 9.17) is 10.5 Å². The van der Waals surface area contributed by atoms with Crippen molar-refractivity contribution in [2.45, 2.75) is 36.9 Å². The van der Waals surface area contributed by atoms with Crippen molar-refractivity contribution >= 4 is 5.91 Å². The lowest BCUT2D eigenvalue weighted by molar-refractivity contribution is -0.352. The zero-order chi connectivity index (χ0) is 23.0. The number of amides is 1.